The third-order valence-corrected chi connectivity index (χ3v) is 3.38. The highest BCUT2D eigenvalue weighted by Crippen LogP contribution is 2.29. The van der Waals surface area contributed by atoms with Gasteiger partial charge in [0.15, 0.2) is 0 Å². The molecule has 2 N–H and O–H groups in total. The molecular formula is C14H23N3O. The van der Waals surface area contributed by atoms with E-state index in [1.165, 1.54) is 11.3 Å². The van der Waals surface area contributed by atoms with Crippen LogP contribution in [0.2, 0.25) is 0 Å². The van der Waals surface area contributed by atoms with Crippen molar-refractivity contribution in [1.29, 1.82) is 0 Å². The van der Waals surface area contributed by atoms with Crippen molar-refractivity contribution in [2.45, 2.75) is 13.0 Å². The molecule has 1 aliphatic heterocycles. The van der Waals surface area contributed by atoms with Gasteiger partial charge in [-0.25, -0.2) is 0 Å². The summed E-state index contributed by atoms with van der Waals surface area (Å²) < 4.78 is 5.47. The Morgan fingerprint density at radius 2 is 2.33 bits per heavy atom. The zero-order valence-corrected chi connectivity index (χ0v) is 11.5. The second-order valence-corrected chi connectivity index (χ2v) is 4.83. The molecule has 4 heteroatoms. The minimum atomic E-state index is 0.494. The number of hydrogen-bond acceptors (Lipinski definition) is 4. The lowest BCUT2D eigenvalue weighted by molar-refractivity contribution is 0.405. The maximum Gasteiger partial charge on any atom is 0.142 e. The Kier molecular flexibility index (Phi) is 4.44. The average molecular weight is 249 g/mol. The minimum Gasteiger partial charge on any atom is -0.495 e. The number of likely N-dealkylation sites (N-methyl/N-ethyl adjacent to an activating group) is 1. The van der Waals surface area contributed by atoms with Gasteiger partial charge in [0.05, 0.1) is 12.8 Å². The van der Waals surface area contributed by atoms with E-state index in [1.54, 1.807) is 7.11 Å². The van der Waals surface area contributed by atoms with Crippen LogP contribution in [-0.4, -0.2) is 46.4 Å². The fourth-order valence-corrected chi connectivity index (χ4v) is 2.47. The number of piperazine rings is 1. The van der Waals surface area contributed by atoms with Gasteiger partial charge in [-0.15, -0.1) is 0 Å². The van der Waals surface area contributed by atoms with Crippen molar-refractivity contribution in [1.82, 2.24) is 10.6 Å². The molecule has 18 heavy (non-hydrogen) atoms. The largest absolute Gasteiger partial charge is 0.495 e. The lowest BCUT2D eigenvalue weighted by Crippen LogP contribution is -2.54. The lowest BCUT2D eigenvalue weighted by Gasteiger charge is -2.36. The Balaban J connectivity index is 2.17. The fourth-order valence-electron chi connectivity index (χ4n) is 2.47. The number of aryl methyl sites for hydroxylation is 1. The van der Waals surface area contributed by atoms with Crippen LogP contribution in [0.25, 0.3) is 0 Å². The standard InChI is InChI=1S/C14H23N3O/c1-11-4-5-14(18-3)13(8-11)17-7-6-16-12(10-17)9-15-2/h4-5,8,12,15-16H,6-7,9-10H2,1-3H3. The van der Waals surface area contributed by atoms with Crippen molar-refractivity contribution in [3.05, 3.63) is 23.8 Å². The first-order valence-electron chi connectivity index (χ1n) is 6.52. The van der Waals surface area contributed by atoms with Crippen LogP contribution < -0.4 is 20.3 Å². The van der Waals surface area contributed by atoms with Crippen LogP contribution >= 0.6 is 0 Å². The predicted octanol–water partition coefficient (Wildman–Crippen LogP) is 1.00. The highest BCUT2D eigenvalue weighted by molar-refractivity contribution is 5.60. The molecule has 1 aromatic rings. The molecule has 1 atom stereocenters. The first kappa shape index (κ1) is 13.2. The summed E-state index contributed by atoms with van der Waals surface area (Å²) in [6.07, 6.45) is 0. The molecule has 1 aliphatic rings. The molecule has 100 valence electrons. The molecule has 1 unspecified atom stereocenters. The predicted molar refractivity (Wildman–Crippen MR) is 75.7 cm³/mol. The summed E-state index contributed by atoms with van der Waals surface area (Å²) in [7, 11) is 3.73. The van der Waals surface area contributed by atoms with Crippen LogP contribution in [0.5, 0.6) is 5.75 Å². The molecular weight excluding hydrogens is 226 g/mol. The molecule has 2 rings (SSSR count). The number of nitrogens with one attached hydrogen (secondary N) is 2. The quantitative estimate of drug-likeness (QED) is 0.835. The van der Waals surface area contributed by atoms with Crippen LogP contribution in [0.15, 0.2) is 18.2 Å². The van der Waals surface area contributed by atoms with Gasteiger partial charge in [-0.2, -0.15) is 0 Å². The maximum atomic E-state index is 5.47. The molecule has 0 spiro atoms. The number of benzene rings is 1. The molecule has 0 saturated carbocycles. The van der Waals surface area contributed by atoms with Gasteiger partial charge in [0.2, 0.25) is 0 Å². The SMILES string of the molecule is CNCC1CN(c2cc(C)ccc2OC)CCN1. The van der Waals surface area contributed by atoms with Crippen LogP contribution in [0, 0.1) is 6.92 Å². The number of rotatable bonds is 4. The summed E-state index contributed by atoms with van der Waals surface area (Å²) in [6.45, 7) is 6.17. The van der Waals surface area contributed by atoms with Gasteiger partial charge in [0, 0.05) is 32.2 Å². The van der Waals surface area contributed by atoms with Gasteiger partial charge >= 0.3 is 0 Å². The zero-order chi connectivity index (χ0) is 13.0. The van der Waals surface area contributed by atoms with Gasteiger partial charge in [-0.3, -0.25) is 0 Å². The molecule has 0 radical (unpaired) electrons. The highest BCUT2D eigenvalue weighted by Gasteiger charge is 2.21. The van der Waals surface area contributed by atoms with E-state index in [0.717, 1.165) is 31.9 Å². The monoisotopic (exact) mass is 249 g/mol. The Hall–Kier alpha value is -1.26. The summed E-state index contributed by atoms with van der Waals surface area (Å²) in [4.78, 5) is 2.41. The summed E-state index contributed by atoms with van der Waals surface area (Å²) in [6, 6.07) is 6.85. The second-order valence-electron chi connectivity index (χ2n) is 4.83. The molecule has 1 heterocycles. The van der Waals surface area contributed by atoms with E-state index >= 15 is 0 Å². The normalized spacial score (nSPS) is 19.9. The smallest absolute Gasteiger partial charge is 0.142 e. The van der Waals surface area contributed by atoms with Gasteiger partial charge < -0.3 is 20.3 Å². The summed E-state index contributed by atoms with van der Waals surface area (Å²) in [5.74, 6) is 0.964. The van der Waals surface area contributed by atoms with E-state index in [2.05, 4.69) is 40.7 Å². The summed E-state index contributed by atoms with van der Waals surface area (Å²) in [5.41, 5.74) is 2.48. The van der Waals surface area contributed by atoms with Crippen molar-refractivity contribution >= 4 is 5.69 Å². The molecule has 0 bridgehead atoms. The van der Waals surface area contributed by atoms with Gasteiger partial charge in [-0.05, 0) is 31.7 Å². The Morgan fingerprint density at radius 3 is 3.06 bits per heavy atom. The average Bonchev–Trinajstić information content (AvgIpc) is 2.39. The van der Waals surface area contributed by atoms with Gasteiger partial charge in [0.1, 0.15) is 5.75 Å². The molecule has 0 amide bonds. The Bertz CT molecular complexity index is 393. The highest BCUT2D eigenvalue weighted by atomic mass is 16.5. The maximum absolute atomic E-state index is 5.47. The minimum absolute atomic E-state index is 0.494. The Labute approximate surface area is 109 Å². The molecule has 4 nitrogen and oxygen atoms in total. The third kappa shape index (κ3) is 2.94. The molecule has 1 fully saturated rings. The van der Waals surface area contributed by atoms with Crippen LogP contribution in [0.1, 0.15) is 5.56 Å². The van der Waals surface area contributed by atoms with Gasteiger partial charge in [-0.1, -0.05) is 6.07 Å². The fraction of sp³-hybridized carbons (Fsp3) is 0.571. The second kappa shape index (κ2) is 6.07. The number of nitrogens with zero attached hydrogens (tertiary/aromatic N) is 1. The number of ether oxygens (including phenoxy) is 1. The van der Waals surface area contributed by atoms with Crippen molar-refractivity contribution in [2.24, 2.45) is 0 Å². The van der Waals surface area contributed by atoms with Crippen molar-refractivity contribution in [3.8, 4) is 5.75 Å². The topological polar surface area (TPSA) is 36.5 Å². The molecule has 0 aliphatic carbocycles. The van der Waals surface area contributed by atoms with E-state index in [4.69, 9.17) is 4.74 Å². The zero-order valence-electron chi connectivity index (χ0n) is 11.5. The van der Waals surface area contributed by atoms with E-state index in [-0.39, 0.29) is 0 Å². The van der Waals surface area contributed by atoms with Gasteiger partial charge in [0.25, 0.3) is 0 Å². The van der Waals surface area contributed by atoms with Crippen molar-refractivity contribution in [2.75, 3.05) is 45.2 Å². The molecule has 1 aromatic carbocycles. The first-order valence-corrected chi connectivity index (χ1v) is 6.52. The van der Waals surface area contributed by atoms with Crippen molar-refractivity contribution in [3.63, 3.8) is 0 Å². The summed E-state index contributed by atoms with van der Waals surface area (Å²) >= 11 is 0. The first-order chi connectivity index (χ1) is 8.74. The van der Waals surface area contributed by atoms with E-state index in [9.17, 15) is 0 Å². The van der Waals surface area contributed by atoms with E-state index < -0.39 is 0 Å². The molecule has 0 aromatic heterocycles. The summed E-state index contributed by atoms with van der Waals surface area (Å²) in [5, 5.41) is 6.76. The van der Waals surface area contributed by atoms with E-state index in [0.29, 0.717) is 6.04 Å². The Morgan fingerprint density at radius 1 is 1.50 bits per heavy atom. The van der Waals surface area contributed by atoms with Crippen LogP contribution in [-0.2, 0) is 0 Å². The lowest BCUT2D eigenvalue weighted by atomic mass is 10.1. The van der Waals surface area contributed by atoms with E-state index in [1.807, 2.05) is 7.05 Å². The number of hydrogen-bond donors (Lipinski definition) is 2. The number of anilines is 1. The van der Waals surface area contributed by atoms with Crippen LogP contribution in [0.3, 0.4) is 0 Å². The van der Waals surface area contributed by atoms with Crippen molar-refractivity contribution < 1.29 is 4.74 Å². The molecule has 1 saturated heterocycles. The van der Waals surface area contributed by atoms with Crippen LogP contribution in [0.4, 0.5) is 5.69 Å². The number of methoxy groups -OCH3 is 1. The third-order valence-electron chi connectivity index (χ3n) is 3.38.